The summed E-state index contributed by atoms with van der Waals surface area (Å²) in [7, 11) is 0. The molecule has 1 fully saturated rings. The molecule has 1 aromatic carbocycles. The van der Waals surface area contributed by atoms with E-state index in [4.69, 9.17) is 16.6 Å². The van der Waals surface area contributed by atoms with E-state index in [1.807, 2.05) is 35.1 Å². The van der Waals surface area contributed by atoms with Gasteiger partial charge in [-0.25, -0.2) is 9.97 Å². The molecule has 0 aliphatic carbocycles. The average Bonchev–Trinajstić information content (AvgIpc) is 3.59. The molecule has 1 saturated heterocycles. The van der Waals surface area contributed by atoms with Crippen LogP contribution in [0.2, 0.25) is 5.15 Å². The molecule has 1 aliphatic rings. The first-order chi connectivity index (χ1) is 18.5. The lowest BCUT2D eigenvalue weighted by molar-refractivity contribution is 0.209. The third kappa shape index (κ3) is 4.60. The van der Waals surface area contributed by atoms with E-state index in [0.29, 0.717) is 17.6 Å². The normalized spacial score (nSPS) is 14.7. The predicted molar refractivity (Wildman–Crippen MR) is 155 cm³/mol. The quantitative estimate of drug-likeness (QED) is 0.247. The van der Waals surface area contributed by atoms with Gasteiger partial charge in [-0.15, -0.1) is 0 Å². The van der Waals surface area contributed by atoms with Crippen molar-refractivity contribution in [3.63, 3.8) is 0 Å². The van der Waals surface area contributed by atoms with Crippen LogP contribution in [0.25, 0.3) is 27.7 Å². The van der Waals surface area contributed by atoms with Crippen LogP contribution in [0.5, 0.6) is 0 Å². The second-order valence-electron chi connectivity index (χ2n) is 10.1. The van der Waals surface area contributed by atoms with Gasteiger partial charge in [0.2, 0.25) is 0 Å². The van der Waals surface area contributed by atoms with Crippen LogP contribution in [0.4, 0.5) is 17.2 Å². The molecule has 8 nitrogen and oxygen atoms in total. The predicted octanol–water partition coefficient (Wildman–Crippen LogP) is 5.34. The number of aliphatic hydroxyl groups excluding tert-OH is 1. The van der Waals surface area contributed by atoms with Gasteiger partial charge in [0.15, 0.2) is 5.65 Å². The molecule has 196 valence electrons. The fourth-order valence-electron chi connectivity index (χ4n) is 5.32. The lowest BCUT2D eigenvalue weighted by atomic mass is 10.0. The lowest BCUT2D eigenvalue weighted by Gasteiger charge is -2.38. The summed E-state index contributed by atoms with van der Waals surface area (Å²) in [6, 6.07) is 13.0. The van der Waals surface area contributed by atoms with Crippen LogP contribution in [-0.2, 0) is 6.42 Å². The van der Waals surface area contributed by atoms with Crippen molar-refractivity contribution in [2.75, 3.05) is 43.0 Å². The molecule has 5 aromatic rings. The number of anilines is 3. The zero-order valence-corrected chi connectivity index (χ0v) is 22.4. The summed E-state index contributed by atoms with van der Waals surface area (Å²) in [6.07, 6.45) is 8.13. The first kappa shape index (κ1) is 24.7. The minimum Gasteiger partial charge on any atom is -0.396 e. The number of aromatic nitrogens is 4. The molecule has 5 heterocycles. The average molecular weight is 530 g/mol. The Kier molecular flexibility index (Phi) is 6.69. The summed E-state index contributed by atoms with van der Waals surface area (Å²) in [6.45, 7) is 8.79. The molecule has 9 heteroatoms. The number of aliphatic hydroxyl groups is 1. The minimum atomic E-state index is 0.122. The van der Waals surface area contributed by atoms with E-state index in [2.05, 4.69) is 63.2 Å². The molecule has 3 N–H and O–H groups in total. The number of halogens is 1. The van der Waals surface area contributed by atoms with Gasteiger partial charge in [-0.3, -0.25) is 9.30 Å². The highest BCUT2D eigenvalue weighted by atomic mass is 35.5. The minimum absolute atomic E-state index is 0.122. The van der Waals surface area contributed by atoms with E-state index in [0.717, 1.165) is 76.6 Å². The number of rotatable bonds is 7. The third-order valence-corrected chi connectivity index (χ3v) is 7.87. The van der Waals surface area contributed by atoms with Crippen molar-refractivity contribution in [1.29, 1.82) is 0 Å². The Morgan fingerprint density at radius 1 is 1.08 bits per heavy atom. The maximum atomic E-state index is 9.35. The van der Waals surface area contributed by atoms with Crippen LogP contribution in [0, 0.1) is 0 Å². The van der Waals surface area contributed by atoms with Crippen molar-refractivity contribution in [1.82, 2.24) is 24.3 Å². The SMILES string of the molecule is CC(C)N1CCN(c2ccc(Nc3cc(-c4ccc5c(CCO)c[nH]c5c4)c(Cl)n4ccnc34)nc2)CC1. The standard InChI is InChI=1S/C29H32ClN7O/c1-19(2)35-10-12-36(13-11-35)22-4-6-27(33-18-22)34-26-16-24(28(30)37-9-8-31-29(26)37)20-3-5-23-21(7-14-38)17-32-25(23)15-20/h3-6,8-9,15-19,32,38H,7,10-14H2,1-2H3,(H,33,34). The topological polar surface area (TPSA) is 84.7 Å². The molecule has 38 heavy (non-hydrogen) atoms. The largest absolute Gasteiger partial charge is 0.396 e. The molecular weight excluding hydrogens is 498 g/mol. The monoisotopic (exact) mass is 529 g/mol. The van der Waals surface area contributed by atoms with Gasteiger partial charge in [0.1, 0.15) is 11.0 Å². The highest BCUT2D eigenvalue weighted by Gasteiger charge is 2.20. The van der Waals surface area contributed by atoms with E-state index in [9.17, 15) is 5.11 Å². The zero-order valence-electron chi connectivity index (χ0n) is 21.7. The van der Waals surface area contributed by atoms with E-state index in [-0.39, 0.29) is 6.61 Å². The number of nitrogens with zero attached hydrogens (tertiary/aromatic N) is 5. The van der Waals surface area contributed by atoms with Crippen LogP contribution in [0.15, 0.2) is 61.2 Å². The number of benzene rings is 1. The Bertz CT molecular complexity index is 1570. The molecule has 4 aromatic heterocycles. The molecule has 0 saturated carbocycles. The van der Waals surface area contributed by atoms with Crippen LogP contribution in [0.1, 0.15) is 19.4 Å². The summed E-state index contributed by atoms with van der Waals surface area (Å²) < 4.78 is 1.89. The number of fused-ring (bicyclic) bond motifs is 2. The number of H-pyrrole nitrogens is 1. The second-order valence-corrected chi connectivity index (χ2v) is 10.4. The van der Waals surface area contributed by atoms with Crippen molar-refractivity contribution < 1.29 is 5.11 Å². The number of pyridine rings is 2. The van der Waals surface area contributed by atoms with Crippen molar-refractivity contribution in [2.45, 2.75) is 26.3 Å². The Hall–Kier alpha value is -3.59. The molecular formula is C29H32ClN7O. The molecule has 0 spiro atoms. The Morgan fingerprint density at radius 3 is 2.66 bits per heavy atom. The molecule has 0 radical (unpaired) electrons. The van der Waals surface area contributed by atoms with E-state index >= 15 is 0 Å². The van der Waals surface area contributed by atoms with Crippen LogP contribution >= 0.6 is 11.6 Å². The molecule has 0 unspecified atom stereocenters. The summed E-state index contributed by atoms with van der Waals surface area (Å²) in [4.78, 5) is 17.5. The van der Waals surface area contributed by atoms with Gasteiger partial charge < -0.3 is 20.3 Å². The number of imidazole rings is 1. The number of hydrogen-bond acceptors (Lipinski definition) is 6. The number of nitrogens with one attached hydrogen (secondary N) is 2. The maximum Gasteiger partial charge on any atom is 0.161 e. The van der Waals surface area contributed by atoms with Crippen LogP contribution in [-0.4, -0.2) is 68.2 Å². The van der Waals surface area contributed by atoms with Crippen molar-refractivity contribution in [3.8, 4) is 11.1 Å². The fraction of sp³-hybridized carbons (Fsp3) is 0.310. The maximum absolute atomic E-state index is 9.35. The second kappa shape index (κ2) is 10.3. The van der Waals surface area contributed by atoms with Crippen LogP contribution < -0.4 is 10.2 Å². The Labute approximate surface area is 226 Å². The van der Waals surface area contributed by atoms with Crippen LogP contribution in [0.3, 0.4) is 0 Å². The van der Waals surface area contributed by atoms with Crippen molar-refractivity contribution >= 4 is 45.3 Å². The summed E-state index contributed by atoms with van der Waals surface area (Å²) in [5.41, 5.74) is 6.69. The summed E-state index contributed by atoms with van der Waals surface area (Å²) >= 11 is 6.86. The van der Waals surface area contributed by atoms with Crippen molar-refractivity contribution in [2.24, 2.45) is 0 Å². The van der Waals surface area contributed by atoms with E-state index < -0.39 is 0 Å². The zero-order chi connectivity index (χ0) is 26.2. The molecule has 6 rings (SSSR count). The first-order valence-corrected chi connectivity index (χ1v) is 13.5. The van der Waals surface area contributed by atoms with E-state index in [1.54, 1.807) is 6.20 Å². The van der Waals surface area contributed by atoms with Gasteiger partial charge in [-0.05, 0) is 55.7 Å². The Balaban J connectivity index is 1.28. The first-order valence-electron chi connectivity index (χ1n) is 13.1. The number of hydrogen-bond donors (Lipinski definition) is 3. The van der Waals surface area contributed by atoms with Gasteiger partial charge in [0.25, 0.3) is 0 Å². The summed E-state index contributed by atoms with van der Waals surface area (Å²) in [5, 5.41) is 14.5. The van der Waals surface area contributed by atoms with E-state index in [1.165, 1.54) is 0 Å². The molecule has 1 aliphatic heterocycles. The van der Waals surface area contributed by atoms with Gasteiger partial charge in [-0.1, -0.05) is 23.7 Å². The lowest BCUT2D eigenvalue weighted by Crippen LogP contribution is -2.48. The number of piperazine rings is 1. The van der Waals surface area contributed by atoms with Gasteiger partial charge in [0.05, 0.1) is 17.6 Å². The highest BCUT2D eigenvalue weighted by Crippen LogP contribution is 2.36. The Morgan fingerprint density at radius 2 is 1.92 bits per heavy atom. The fourth-order valence-corrected chi connectivity index (χ4v) is 5.62. The molecule has 0 amide bonds. The molecule has 0 bridgehead atoms. The van der Waals surface area contributed by atoms with Gasteiger partial charge in [0, 0.05) is 73.9 Å². The summed E-state index contributed by atoms with van der Waals surface area (Å²) in [5.74, 6) is 0.751. The third-order valence-electron chi connectivity index (χ3n) is 7.48. The molecule has 0 atom stereocenters. The van der Waals surface area contributed by atoms with Crippen molar-refractivity contribution in [3.05, 3.63) is 71.9 Å². The highest BCUT2D eigenvalue weighted by molar-refractivity contribution is 6.32. The number of aromatic amines is 1. The smallest absolute Gasteiger partial charge is 0.161 e. The van der Waals surface area contributed by atoms with Gasteiger partial charge >= 0.3 is 0 Å². The van der Waals surface area contributed by atoms with Gasteiger partial charge in [-0.2, -0.15) is 0 Å².